The van der Waals surface area contributed by atoms with Crippen LogP contribution in [0.5, 0.6) is 0 Å². The Kier molecular flexibility index (Phi) is 8.42. The van der Waals surface area contributed by atoms with Gasteiger partial charge >= 0.3 is 5.97 Å². The minimum Gasteiger partial charge on any atom is -0.477 e. The van der Waals surface area contributed by atoms with Crippen LogP contribution in [0.15, 0.2) is 67.4 Å². The van der Waals surface area contributed by atoms with E-state index in [4.69, 9.17) is 11.6 Å². The molecule has 1 saturated carbocycles. The third-order valence-electron chi connectivity index (χ3n) is 7.69. The lowest BCUT2D eigenvalue weighted by Crippen LogP contribution is -2.61. The van der Waals surface area contributed by atoms with Crippen LogP contribution in [-0.2, 0) is 14.8 Å². The second-order valence-corrected chi connectivity index (χ2v) is 13.6. The molecule has 1 aromatic carbocycles. The minimum absolute atomic E-state index is 0.0387. The molecule has 3 heterocycles. The molecule has 8 nitrogen and oxygen atoms in total. The summed E-state index contributed by atoms with van der Waals surface area (Å²) in [7, 11) is -4.04. The van der Waals surface area contributed by atoms with E-state index >= 15 is 0 Å². The molecule has 3 aromatic rings. The number of pyridine rings is 1. The standard InChI is InChI=1S/C29H30ClN3O5S2/c1-2-25(21-13-14-26(30)31-16-21)40(37,38)32-17-23(19-9-5-3-6-10-19)33(27(34)18-32)22-15-24(39-28(22)29(35)36)20-11-7-4-8-12-20/h2,4,7-8,11-16,19,23,25H,1,3,5-6,9-10,17-18H2,(H,35,36). The molecule has 210 valence electrons. The predicted octanol–water partition coefficient (Wildman–Crippen LogP) is 6.02. The highest BCUT2D eigenvalue weighted by molar-refractivity contribution is 7.89. The number of carboxylic acids is 1. The Morgan fingerprint density at radius 2 is 1.88 bits per heavy atom. The number of halogens is 1. The van der Waals surface area contributed by atoms with Gasteiger partial charge in [-0.05, 0) is 42.0 Å². The van der Waals surface area contributed by atoms with Gasteiger partial charge in [-0.3, -0.25) is 4.79 Å². The summed E-state index contributed by atoms with van der Waals surface area (Å²) in [6, 6.07) is 13.8. The average molecular weight is 600 g/mol. The maximum absolute atomic E-state index is 13.9. The number of amides is 1. The van der Waals surface area contributed by atoms with Crippen LogP contribution in [0.25, 0.3) is 10.4 Å². The van der Waals surface area contributed by atoms with Gasteiger partial charge in [0.15, 0.2) is 0 Å². The quantitative estimate of drug-likeness (QED) is 0.251. The number of hydrogen-bond donors (Lipinski definition) is 1. The predicted molar refractivity (Wildman–Crippen MR) is 157 cm³/mol. The van der Waals surface area contributed by atoms with Crippen LogP contribution < -0.4 is 4.90 Å². The fourth-order valence-electron chi connectivity index (χ4n) is 5.76. The zero-order chi connectivity index (χ0) is 28.4. The zero-order valence-corrected chi connectivity index (χ0v) is 24.2. The van der Waals surface area contributed by atoms with Gasteiger partial charge in [-0.2, -0.15) is 4.31 Å². The number of piperazine rings is 1. The number of carboxylic acid groups (broad SMARTS) is 1. The van der Waals surface area contributed by atoms with Crippen molar-refractivity contribution in [1.82, 2.24) is 9.29 Å². The molecular weight excluding hydrogens is 570 g/mol. The lowest BCUT2D eigenvalue weighted by molar-refractivity contribution is -0.121. The molecule has 11 heteroatoms. The maximum Gasteiger partial charge on any atom is 0.348 e. The third kappa shape index (κ3) is 5.58. The first kappa shape index (κ1) is 28.5. The van der Waals surface area contributed by atoms with E-state index in [9.17, 15) is 23.1 Å². The smallest absolute Gasteiger partial charge is 0.348 e. The van der Waals surface area contributed by atoms with Gasteiger partial charge in [0.2, 0.25) is 15.9 Å². The average Bonchev–Trinajstić information content (AvgIpc) is 3.40. The van der Waals surface area contributed by atoms with Crippen LogP contribution in [-0.4, -0.2) is 53.8 Å². The fourth-order valence-corrected chi connectivity index (χ4v) is 8.56. The topological polar surface area (TPSA) is 108 Å². The van der Waals surface area contributed by atoms with Crippen LogP contribution in [0.2, 0.25) is 5.15 Å². The van der Waals surface area contributed by atoms with Gasteiger partial charge in [0.25, 0.3) is 0 Å². The van der Waals surface area contributed by atoms with Crippen molar-refractivity contribution in [1.29, 1.82) is 0 Å². The van der Waals surface area contributed by atoms with E-state index in [0.29, 0.717) is 11.3 Å². The summed E-state index contributed by atoms with van der Waals surface area (Å²) in [5.41, 5.74) is 1.59. The number of rotatable bonds is 8. The summed E-state index contributed by atoms with van der Waals surface area (Å²) >= 11 is 7.03. The van der Waals surface area contributed by atoms with Crippen molar-refractivity contribution in [3.63, 3.8) is 0 Å². The number of carbonyl (C=O) groups excluding carboxylic acids is 1. The summed E-state index contributed by atoms with van der Waals surface area (Å²) in [6.45, 7) is 3.42. The van der Waals surface area contributed by atoms with Gasteiger partial charge in [0.05, 0.1) is 18.3 Å². The zero-order valence-electron chi connectivity index (χ0n) is 21.8. The van der Waals surface area contributed by atoms with E-state index in [2.05, 4.69) is 11.6 Å². The number of anilines is 1. The van der Waals surface area contributed by atoms with Crippen LogP contribution >= 0.6 is 22.9 Å². The van der Waals surface area contributed by atoms with Crippen LogP contribution in [0, 0.1) is 5.92 Å². The van der Waals surface area contributed by atoms with E-state index < -0.39 is 39.7 Å². The molecule has 2 atom stereocenters. The molecule has 2 aliphatic rings. The highest BCUT2D eigenvalue weighted by atomic mass is 35.5. The number of aromatic nitrogens is 1. The second-order valence-electron chi connectivity index (χ2n) is 10.1. The Bertz CT molecular complexity index is 1500. The molecule has 2 aromatic heterocycles. The summed E-state index contributed by atoms with van der Waals surface area (Å²) in [5.74, 6) is -1.52. The van der Waals surface area contributed by atoms with E-state index in [-0.39, 0.29) is 22.5 Å². The molecular formula is C29H30ClN3O5S2. The Balaban J connectivity index is 1.54. The summed E-state index contributed by atoms with van der Waals surface area (Å²) in [6.07, 6.45) is 7.45. The first-order chi connectivity index (χ1) is 19.2. The molecule has 1 aliphatic carbocycles. The first-order valence-corrected chi connectivity index (χ1v) is 15.9. The first-order valence-electron chi connectivity index (χ1n) is 13.2. The van der Waals surface area contributed by atoms with Crippen molar-refractivity contribution in [3.05, 3.63) is 83.0 Å². The van der Waals surface area contributed by atoms with Gasteiger partial charge < -0.3 is 10.0 Å². The Hall–Kier alpha value is -3.05. The van der Waals surface area contributed by atoms with Crippen LogP contribution in [0.1, 0.15) is 52.6 Å². The number of aromatic carboxylic acids is 1. The Labute approximate surface area is 243 Å². The van der Waals surface area contributed by atoms with E-state index in [1.807, 2.05) is 30.3 Å². The van der Waals surface area contributed by atoms with Gasteiger partial charge in [-0.1, -0.05) is 73.3 Å². The molecule has 1 N–H and O–H groups in total. The van der Waals surface area contributed by atoms with Crippen molar-refractivity contribution < 1.29 is 23.1 Å². The largest absolute Gasteiger partial charge is 0.477 e. The Morgan fingerprint density at radius 1 is 1.15 bits per heavy atom. The van der Waals surface area contributed by atoms with Crippen LogP contribution in [0.3, 0.4) is 0 Å². The second kappa shape index (κ2) is 11.8. The summed E-state index contributed by atoms with van der Waals surface area (Å²) in [5, 5.41) is 9.24. The molecule has 5 rings (SSSR count). The molecule has 1 amide bonds. The molecule has 40 heavy (non-hydrogen) atoms. The number of sulfonamides is 1. The fraction of sp³-hybridized carbons (Fsp3) is 0.345. The number of benzene rings is 1. The SMILES string of the molecule is C=CC(c1ccc(Cl)nc1)S(=O)(=O)N1CC(=O)N(c2cc(-c3ccccc3)sc2C(=O)O)C(C2CCCCC2)C1. The van der Waals surface area contributed by atoms with Gasteiger partial charge in [0.1, 0.15) is 15.3 Å². The van der Waals surface area contributed by atoms with Crippen molar-refractivity contribution in [3.8, 4) is 10.4 Å². The highest BCUT2D eigenvalue weighted by Crippen LogP contribution is 2.42. The van der Waals surface area contributed by atoms with Crippen LogP contribution in [0.4, 0.5) is 5.69 Å². The molecule has 2 fully saturated rings. The minimum atomic E-state index is -4.04. The van der Waals surface area contributed by atoms with E-state index in [1.165, 1.54) is 22.6 Å². The van der Waals surface area contributed by atoms with Crippen molar-refractivity contribution in [2.45, 2.75) is 43.4 Å². The number of hydrogen-bond acceptors (Lipinski definition) is 6. The molecule has 0 spiro atoms. The lowest BCUT2D eigenvalue weighted by atomic mass is 9.82. The molecule has 1 saturated heterocycles. The van der Waals surface area contributed by atoms with Crippen molar-refractivity contribution in [2.24, 2.45) is 5.92 Å². The van der Waals surface area contributed by atoms with Crippen molar-refractivity contribution >= 4 is 50.5 Å². The van der Waals surface area contributed by atoms with E-state index in [0.717, 1.165) is 53.9 Å². The van der Waals surface area contributed by atoms with Gasteiger partial charge in [0, 0.05) is 17.6 Å². The summed E-state index contributed by atoms with van der Waals surface area (Å²) in [4.78, 5) is 32.7. The molecule has 2 unspecified atom stereocenters. The molecule has 0 bridgehead atoms. The number of carbonyl (C=O) groups is 2. The highest BCUT2D eigenvalue weighted by Gasteiger charge is 2.45. The normalized spacial score (nSPS) is 19.9. The maximum atomic E-state index is 13.9. The number of thiophene rings is 1. The Morgan fingerprint density at radius 3 is 2.50 bits per heavy atom. The monoisotopic (exact) mass is 599 g/mol. The van der Waals surface area contributed by atoms with Gasteiger partial charge in [-0.15, -0.1) is 17.9 Å². The molecule has 0 radical (unpaired) electrons. The van der Waals surface area contributed by atoms with E-state index in [1.54, 1.807) is 17.0 Å². The third-order valence-corrected chi connectivity index (χ3v) is 11.2. The van der Waals surface area contributed by atoms with Crippen molar-refractivity contribution in [2.75, 3.05) is 18.0 Å². The number of nitrogens with zero attached hydrogens (tertiary/aromatic N) is 3. The molecule has 1 aliphatic heterocycles. The lowest BCUT2D eigenvalue weighted by Gasteiger charge is -2.45. The summed E-state index contributed by atoms with van der Waals surface area (Å²) < 4.78 is 29.1. The van der Waals surface area contributed by atoms with Gasteiger partial charge in [-0.25, -0.2) is 18.2 Å².